The van der Waals surface area contributed by atoms with E-state index in [1.807, 2.05) is 0 Å². The predicted molar refractivity (Wildman–Crippen MR) is 39.4 cm³/mol. The maximum Gasteiger partial charge on any atom is 0.393 e. The van der Waals surface area contributed by atoms with Crippen LogP contribution in [0.25, 0.3) is 0 Å². The van der Waals surface area contributed by atoms with E-state index in [9.17, 15) is 18.0 Å². The van der Waals surface area contributed by atoms with E-state index in [2.05, 4.69) is 4.98 Å². The summed E-state index contributed by atoms with van der Waals surface area (Å²) in [5, 5.41) is 0. The van der Waals surface area contributed by atoms with Gasteiger partial charge < -0.3 is 0 Å². The number of aldehydes is 1. The number of hydrogen-bond acceptors (Lipinski definition) is 2. The minimum atomic E-state index is -4.25. The maximum atomic E-state index is 11.9. The van der Waals surface area contributed by atoms with Crippen molar-refractivity contribution in [3.63, 3.8) is 0 Å². The Morgan fingerprint density at radius 1 is 1.46 bits per heavy atom. The Bertz CT molecular complexity index is 309. The summed E-state index contributed by atoms with van der Waals surface area (Å²) < 4.78 is 35.6. The van der Waals surface area contributed by atoms with Crippen LogP contribution in [0.15, 0.2) is 18.3 Å². The van der Waals surface area contributed by atoms with Crippen molar-refractivity contribution in [1.82, 2.24) is 4.98 Å². The summed E-state index contributed by atoms with van der Waals surface area (Å²) >= 11 is 0. The lowest BCUT2D eigenvalue weighted by molar-refractivity contribution is -0.127. The highest BCUT2D eigenvalue weighted by Gasteiger charge is 2.27. The number of pyridine rings is 1. The Morgan fingerprint density at radius 3 is 2.69 bits per heavy atom. The van der Waals surface area contributed by atoms with Crippen LogP contribution in [0.1, 0.15) is 16.1 Å². The second-order valence-electron chi connectivity index (χ2n) is 2.50. The molecule has 0 aliphatic carbocycles. The average Bonchev–Trinajstić information content (AvgIpc) is 2.01. The molecule has 1 heterocycles. The summed E-state index contributed by atoms with van der Waals surface area (Å²) in [5.41, 5.74) is 0.0614. The first-order valence-corrected chi connectivity index (χ1v) is 3.48. The van der Waals surface area contributed by atoms with Crippen LogP contribution in [-0.4, -0.2) is 17.4 Å². The normalized spacial score (nSPS) is 11.3. The summed E-state index contributed by atoms with van der Waals surface area (Å²) in [6, 6.07) is 2.36. The molecule has 0 spiro atoms. The van der Waals surface area contributed by atoms with Crippen LogP contribution in [-0.2, 0) is 6.42 Å². The molecule has 0 radical (unpaired) electrons. The highest BCUT2D eigenvalue weighted by atomic mass is 19.4. The fraction of sp³-hybridized carbons (Fsp3) is 0.250. The molecular weight excluding hydrogens is 183 g/mol. The Kier molecular flexibility index (Phi) is 2.65. The zero-order valence-electron chi connectivity index (χ0n) is 6.51. The van der Waals surface area contributed by atoms with Crippen molar-refractivity contribution in [1.29, 1.82) is 0 Å². The molecule has 0 bridgehead atoms. The van der Waals surface area contributed by atoms with Gasteiger partial charge in [0.2, 0.25) is 0 Å². The Morgan fingerprint density at radius 2 is 2.15 bits per heavy atom. The van der Waals surface area contributed by atoms with E-state index >= 15 is 0 Å². The zero-order chi connectivity index (χ0) is 9.90. The second kappa shape index (κ2) is 3.55. The van der Waals surface area contributed by atoms with Gasteiger partial charge in [0, 0.05) is 6.20 Å². The smallest absolute Gasteiger partial charge is 0.296 e. The van der Waals surface area contributed by atoms with E-state index in [-0.39, 0.29) is 11.3 Å². The molecule has 1 aromatic heterocycles. The third-order valence-corrected chi connectivity index (χ3v) is 1.37. The molecule has 0 amide bonds. The van der Waals surface area contributed by atoms with Crippen molar-refractivity contribution in [3.8, 4) is 0 Å². The van der Waals surface area contributed by atoms with Gasteiger partial charge in [0.1, 0.15) is 5.69 Å². The Hall–Kier alpha value is -1.39. The van der Waals surface area contributed by atoms with Crippen LogP contribution in [0.4, 0.5) is 13.2 Å². The first-order valence-electron chi connectivity index (χ1n) is 3.48. The Labute approximate surface area is 72.4 Å². The van der Waals surface area contributed by atoms with Gasteiger partial charge in [-0.05, 0) is 17.7 Å². The average molecular weight is 189 g/mol. The molecule has 70 valence electrons. The molecule has 5 heteroatoms. The zero-order valence-corrected chi connectivity index (χ0v) is 6.51. The maximum absolute atomic E-state index is 11.9. The van der Waals surface area contributed by atoms with E-state index in [1.165, 1.54) is 12.3 Å². The standard InChI is InChI=1S/C8H6F3NO/c9-8(10,11)4-6-1-2-12-7(3-6)5-13/h1-3,5H,4H2. The van der Waals surface area contributed by atoms with Crippen molar-refractivity contribution in [2.24, 2.45) is 0 Å². The highest BCUT2D eigenvalue weighted by Crippen LogP contribution is 2.20. The van der Waals surface area contributed by atoms with Gasteiger partial charge in [-0.25, -0.2) is 0 Å². The molecule has 13 heavy (non-hydrogen) atoms. The largest absolute Gasteiger partial charge is 0.393 e. The molecule has 0 unspecified atom stereocenters. The summed E-state index contributed by atoms with van der Waals surface area (Å²) in [5.74, 6) is 0. The monoisotopic (exact) mass is 189 g/mol. The quantitative estimate of drug-likeness (QED) is 0.666. The molecule has 0 fully saturated rings. The number of carbonyl (C=O) groups is 1. The molecule has 0 atom stereocenters. The lowest BCUT2D eigenvalue weighted by Gasteiger charge is -2.05. The van der Waals surface area contributed by atoms with Crippen LogP contribution >= 0.6 is 0 Å². The van der Waals surface area contributed by atoms with Crippen LogP contribution in [0.5, 0.6) is 0 Å². The molecule has 1 aromatic rings. The fourth-order valence-electron chi connectivity index (χ4n) is 0.900. The molecule has 0 N–H and O–H groups in total. The summed E-state index contributed by atoms with van der Waals surface area (Å²) in [7, 11) is 0. The van der Waals surface area contributed by atoms with Crippen LogP contribution in [0.3, 0.4) is 0 Å². The number of halogens is 3. The molecule has 2 nitrogen and oxygen atoms in total. The van der Waals surface area contributed by atoms with E-state index in [4.69, 9.17) is 0 Å². The van der Waals surface area contributed by atoms with Crippen molar-refractivity contribution < 1.29 is 18.0 Å². The third kappa shape index (κ3) is 3.23. The number of alkyl halides is 3. The third-order valence-electron chi connectivity index (χ3n) is 1.37. The van der Waals surface area contributed by atoms with Crippen molar-refractivity contribution in [2.75, 3.05) is 0 Å². The van der Waals surface area contributed by atoms with Crippen molar-refractivity contribution in [3.05, 3.63) is 29.6 Å². The number of nitrogens with zero attached hydrogens (tertiary/aromatic N) is 1. The summed E-state index contributed by atoms with van der Waals surface area (Å²) in [4.78, 5) is 13.7. The Balaban J connectivity index is 2.84. The van der Waals surface area contributed by atoms with Gasteiger partial charge in [-0.3, -0.25) is 9.78 Å². The minimum Gasteiger partial charge on any atom is -0.296 e. The highest BCUT2D eigenvalue weighted by molar-refractivity contribution is 5.71. The lowest BCUT2D eigenvalue weighted by Crippen LogP contribution is -2.11. The molecule has 0 aromatic carbocycles. The molecule has 0 aliphatic heterocycles. The van der Waals surface area contributed by atoms with Gasteiger partial charge in [-0.1, -0.05) is 0 Å². The summed E-state index contributed by atoms with van der Waals surface area (Å²) in [6.45, 7) is 0. The second-order valence-corrected chi connectivity index (χ2v) is 2.50. The van der Waals surface area contributed by atoms with Gasteiger partial charge in [-0.15, -0.1) is 0 Å². The number of rotatable bonds is 2. The number of aromatic nitrogens is 1. The molecule has 0 aliphatic rings. The summed E-state index contributed by atoms with van der Waals surface area (Å²) in [6.07, 6.45) is -3.68. The van der Waals surface area contributed by atoms with Crippen molar-refractivity contribution >= 4 is 6.29 Å². The van der Waals surface area contributed by atoms with Crippen LogP contribution in [0, 0.1) is 0 Å². The first kappa shape index (κ1) is 9.70. The SMILES string of the molecule is O=Cc1cc(CC(F)(F)F)ccn1. The van der Waals surface area contributed by atoms with Crippen molar-refractivity contribution in [2.45, 2.75) is 12.6 Å². The fourth-order valence-corrected chi connectivity index (χ4v) is 0.900. The van der Waals surface area contributed by atoms with Gasteiger partial charge in [0.15, 0.2) is 6.29 Å². The van der Waals surface area contributed by atoms with Gasteiger partial charge in [0.25, 0.3) is 0 Å². The van der Waals surface area contributed by atoms with E-state index in [0.29, 0.717) is 6.29 Å². The van der Waals surface area contributed by atoms with Gasteiger partial charge in [-0.2, -0.15) is 13.2 Å². The van der Waals surface area contributed by atoms with Crippen LogP contribution in [0.2, 0.25) is 0 Å². The number of hydrogen-bond donors (Lipinski definition) is 0. The van der Waals surface area contributed by atoms with E-state index in [0.717, 1.165) is 6.07 Å². The van der Waals surface area contributed by atoms with Gasteiger partial charge in [0.05, 0.1) is 6.42 Å². The van der Waals surface area contributed by atoms with Gasteiger partial charge >= 0.3 is 6.18 Å². The van der Waals surface area contributed by atoms with E-state index in [1.54, 1.807) is 0 Å². The molecule has 0 saturated carbocycles. The topological polar surface area (TPSA) is 30.0 Å². The molecule has 0 saturated heterocycles. The van der Waals surface area contributed by atoms with E-state index < -0.39 is 12.6 Å². The molecule has 1 rings (SSSR count). The minimum absolute atomic E-state index is 0.0155. The lowest BCUT2D eigenvalue weighted by atomic mass is 10.2. The molecular formula is C8H6F3NO. The predicted octanol–water partition coefficient (Wildman–Crippen LogP) is 2.00. The first-order chi connectivity index (χ1) is 6.01. The number of carbonyl (C=O) groups excluding carboxylic acids is 1. The van der Waals surface area contributed by atoms with Crippen LogP contribution < -0.4 is 0 Å².